The number of hydrogen-bond donors (Lipinski definition) is 3. The topological polar surface area (TPSA) is 124 Å². The number of thioether (sulfide) groups is 1. The summed E-state index contributed by atoms with van der Waals surface area (Å²) in [6, 6.07) is 7.62. The van der Waals surface area contributed by atoms with E-state index >= 15 is 0 Å². The molecule has 2 aromatic rings. The number of rotatable bonds is 4. The third kappa shape index (κ3) is 2.56. The first-order chi connectivity index (χ1) is 12.4. The molecule has 2 fully saturated rings. The molecule has 2 saturated heterocycles. The summed E-state index contributed by atoms with van der Waals surface area (Å²) in [7, 11) is 0. The molecular weight excluding hydrogens is 356 g/mol. The van der Waals surface area contributed by atoms with Gasteiger partial charge in [-0.2, -0.15) is 5.21 Å². The first kappa shape index (κ1) is 17.0. The number of benzene rings is 1. The highest BCUT2D eigenvalue weighted by atomic mass is 32.2. The van der Waals surface area contributed by atoms with Crippen LogP contribution in [0.25, 0.3) is 0 Å². The van der Waals surface area contributed by atoms with E-state index in [2.05, 4.69) is 25.9 Å². The van der Waals surface area contributed by atoms with Crippen molar-refractivity contribution in [3.8, 4) is 0 Å². The molecule has 0 saturated carbocycles. The number of nitrogens with one attached hydrogen (secondary N) is 2. The van der Waals surface area contributed by atoms with Gasteiger partial charge in [0.25, 0.3) is 5.91 Å². The molecule has 136 valence electrons. The molecule has 10 heteroatoms. The summed E-state index contributed by atoms with van der Waals surface area (Å²) >= 11 is 1.57. The van der Waals surface area contributed by atoms with Crippen LogP contribution in [0.2, 0.25) is 0 Å². The predicted molar refractivity (Wildman–Crippen MR) is 92.6 cm³/mol. The summed E-state index contributed by atoms with van der Waals surface area (Å²) in [6.07, 6.45) is -1.31. The number of aliphatic hydroxyl groups excluding tert-OH is 1. The second kappa shape index (κ2) is 6.06. The Bertz CT molecular complexity index is 828. The Hall–Kier alpha value is -2.46. The van der Waals surface area contributed by atoms with Crippen molar-refractivity contribution in [1.29, 1.82) is 0 Å². The lowest BCUT2D eigenvalue weighted by Gasteiger charge is -2.44. The number of aromatic nitrogens is 4. The molecule has 3 heterocycles. The molecule has 9 nitrogen and oxygen atoms in total. The molecule has 0 aliphatic carbocycles. The lowest BCUT2D eigenvalue weighted by Crippen LogP contribution is -2.68. The Morgan fingerprint density at radius 3 is 2.77 bits per heavy atom. The lowest BCUT2D eigenvalue weighted by molar-refractivity contribution is -0.153. The van der Waals surface area contributed by atoms with Crippen molar-refractivity contribution < 1.29 is 14.7 Å². The highest BCUT2D eigenvalue weighted by molar-refractivity contribution is 8.01. The molecule has 26 heavy (non-hydrogen) atoms. The molecule has 1 aromatic heterocycles. The van der Waals surface area contributed by atoms with Gasteiger partial charge in [0.2, 0.25) is 5.91 Å². The highest BCUT2D eigenvalue weighted by Crippen LogP contribution is 2.56. The number of H-pyrrole nitrogens is 1. The molecule has 2 amide bonds. The number of β-lactam (4-membered cyclic amide) rings is 1. The lowest BCUT2D eigenvalue weighted by atomic mass is 9.95. The Morgan fingerprint density at radius 1 is 1.38 bits per heavy atom. The van der Waals surface area contributed by atoms with E-state index in [1.54, 1.807) is 47.0 Å². The molecule has 4 rings (SSSR count). The van der Waals surface area contributed by atoms with Gasteiger partial charge >= 0.3 is 0 Å². The summed E-state index contributed by atoms with van der Waals surface area (Å²) < 4.78 is -0.332. The predicted octanol–water partition coefficient (Wildman–Crippen LogP) is 0.153. The summed E-state index contributed by atoms with van der Waals surface area (Å²) in [6.45, 7) is 4.00. The third-order valence-electron chi connectivity index (χ3n) is 4.71. The van der Waals surface area contributed by atoms with Crippen LogP contribution < -0.4 is 5.32 Å². The number of nitrogens with zero attached hydrogens (tertiary/aromatic N) is 4. The minimum atomic E-state index is -1.31. The third-order valence-corrected chi connectivity index (χ3v) is 6.28. The maximum Gasteiger partial charge on any atom is 0.254 e. The molecular formula is C16H18N6O3S. The van der Waals surface area contributed by atoms with Gasteiger partial charge in [0.15, 0.2) is 11.9 Å². The van der Waals surface area contributed by atoms with Gasteiger partial charge < -0.3 is 15.3 Å². The second-order valence-electron chi connectivity index (χ2n) is 6.83. The quantitative estimate of drug-likeness (QED) is 0.651. The fourth-order valence-corrected chi connectivity index (χ4v) is 5.10. The van der Waals surface area contributed by atoms with E-state index < -0.39 is 18.1 Å². The summed E-state index contributed by atoms with van der Waals surface area (Å²) in [5.41, 5.74) is 0.484. The number of aliphatic hydroxyl groups is 1. The summed E-state index contributed by atoms with van der Waals surface area (Å²) in [4.78, 5) is 26.7. The number of aromatic amines is 1. The SMILES string of the molecule is CC1(C)S[C@@H]2C(NC(=O)[C@@H](O)c3ccccc3)C(=O)N2C1c1nn[nH]n1. The second-order valence-corrected chi connectivity index (χ2v) is 8.60. The Morgan fingerprint density at radius 2 is 2.12 bits per heavy atom. The maximum absolute atomic E-state index is 12.7. The first-order valence-electron chi connectivity index (χ1n) is 8.17. The normalized spacial score (nSPS) is 27.6. The smallest absolute Gasteiger partial charge is 0.254 e. The minimum absolute atomic E-state index is 0.212. The van der Waals surface area contributed by atoms with Crippen LogP contribution in [0.4, 0.5) is 0 Å². The Kier molecular flexibility index (Phi) is 3.96. The van der Waals surface area contributed by atoms with Crippen LogP contribution in [0.1, 0.15) is 37.4 Å². The zero-order valence-electron chi connectivity index (χ0n) is 14.2. The van der Waals surface area contributed by atoms with Crippen LogP contribution in [-0.4, -0.2) is 58.6 Å². The van der Waals surface area contributed by atoms with Crippen molar-refractivity contribution in [1.82, 2.24) is 30.8 Å². The first-order valence-corrected chi connectivity index (χ1v) is 9.05. The molecule has 4 atom stereocenters. The standard InChI is InChI=1S/C16H18N6O3S/c1-16(2)11(12-18-20-21-19-12)22-14(25)9(15(22)26-16)17-13(24)10(23)8-6-4-3-5-7-8/h3-7,9-11,15,23H,1-2H3,(H,17,24)(H,18,19,20,21)/t9?,10-,11?,15+/m0/s1. The van der Waals surface area contributed by atoms with Crippen LogP contribution >= 0.6 is 11.8 Å². The van der Waals surface area contributed by atoms with Crippen LogP contribution in [0.15, 0.2) is 30.3 Å². The molecule has 3 N–H and O–H groups in total. The van der Waals surface area contributed by atoms with E-state index in [4.69, 9.17) is 0 Å². The minimum Gasteiger partial charge on any atom is -0.378 e. The van der Waals surface area contributed by atoms with Gasteiger partial charge in [0.1, 0.15) is 17.5 Å². The van der Waals surface area contributed by atoms with Crippen molar-refractivity contribution >= 4 is 23.6 Å². The molecule has 2 aliphatic rings. The average Bonchev–Trinajstić information content (AvgIpc) is 3.23. The number of carbonyl (C=O) groups excluding carboxylic acids is 2. The summed E-state index contributed by atoms with van der Waals surface area (Å²) in [5.74, 6) is -0.348. The zero-order valence-corrected chi connectivity index (χ0v) is 15.0. The van der Waals surface area contributed by atoms with Gasteiger partial charge in [0, 0.05) is 4.75 Å². The number of hydrogen-bond acceptors (Lipinski definition) is 7. The molecule has 2 unspecified atom stereocenters. The van der Waals surface area contributed by atoms with E-state index in [1.807, 2.05) is 13.8 Å². The van der Waals surface area contributed by atoms with E-state index in [-0.39, 0.29) is 22.1 Å². The van der Waals surface area contributed by atoms with Crippen molar-refractivity contribution in [2.24, 2.45) is 0 Å². The molecule has 0 bridgehead atoms. The summed E-state index contributed by atoms with van der Waals surface area (Å²) in [5, 5.41) is 26.7. The molecule has 0 spiro atoms. The molecule has 2 aliphatic heterocycles. The van der Waals surface area contributed by atoms with E-state index in [0.717, 1.165) is 0 Å². The number of carbonyl (C=O) groups is 2. The van der Waals surface area contributed by atoms with Crippen molar-refractivity contribution in [3.05, 3.63) is 41.7 Å². The van der Waals surface area contributed by atoms with Gasteiger partial charge in [-0.1, -0.05) is 35.5 Å². The van der Waals surface area contributed by atoms with Gasteiger partial charge in [-0.25, -0.2) is 0 Å². The van der Waals surface area contributed by atoms with E-state index in [9.17, 15) is 14.7 Å². The van der Waals surface area contributed by atoms with Crippen LogP contribution in [0, 0.1) is 0 Å². The van der Waals surface area contributed by atoms with Crippen molar-refractivity contribution in [3.63, 3.8) is 0 Å². The van der Waals surface area contributed by atoms with Gasteiger partial charge in [0.05, 0.1) is 0 Å². The maximum atomic E-state index is 12.7. The monoisotopic (exact) mass is 374 g/mol. The van der Waals surface area contributed by atoms with E-state index in [0.29, 0.717) is 11.4 Å². The zero-order chi connectivity index (χ0) is 18.5. The van der Waals surface area contributed by atoms with Crippen molar-refractivity contribution in [2.75, 3.05) is 0 Å². The number of amides is 2. The van der Waals surface area contributed by atoms with Crippen LogP contribution in [0.5, 0.6) is 0 Å². The average molecular weight is 374 g/mol. The molecule has 1 aromatic carbocycles. The fraction of sp³-hybridized carbons (Fsp3) is 0.438. The largest absolute Gasteiger partial charge is 0.378 e. The molecule has 0 radical (unpaired) electrons. The van der Waals surface area contributed by atoms with Crippen LogP contribution in [0.3, 0.4) is 0 Å². The number of fused-ring (bicyclic) bond motifs is 1. The van der Waals surface area contributed by atoms with Crippen molar-refractivity contribution in [2.45, 2.75) is 42.2 Å². The Labute approximate surface area is 153 Å². The van der Waals surface area contributed by atoms with E-state index in [1.165, 1.54) is 0 Å². The number of tetrazole rings is 1. The van der Waals surface area contributed by atoms with Gasteiger partial charge in [-0.3, -0.25) is 9.59 Å². The highest BCUT2D eigenvalue weighted by Gasteiger charge is 2.63. The van der Waals surface area contributed by atoms with Gasteiger partial charge in [-0.15, -0.1) is 22.0 Å². The Balaban J connectivity index is 1.49. The fourth-order valence-electron chi connectivity index (χ4n) is 3.47. The van der Waals surface area contributed by atoms with Gasteiger partial charge in [-0.05, 0) is 19.4 Å². The van der Waals surface area contributed by atoms with Crippen LogP contribution in [-0.2, 0) is 9.59 Å².